The van der Waals surface area contributed by atoms with Crippen molar-refractivity contribution in [3.8, 4) is 0 Å². The maximum absolute atomic E-state index is 13.3. The fourth-order valence-electron chi connectivity index (χ4n) is 3.98. The van der Waals surface area contributed by atoms with Gasteiger partial charge < -0.3 is 10.6 Å². The third kappa shape index (κ3) is 3.14. The van der Waals surface area contributed by atoms with Crippen LogP contribution in [0.15, 0.2) is 24.3 Å². The van der Waals surface area contributed by atoms with Gasteiger partial charge in [-0.1, -0.05) is 26.0 Å². The molecule has 1 aromatic rings. The number of carbonyl (C=O) groups excluding carboxylic acids is 3. The van der Waals surface area contributed by atoms with Crippen LogP contribution in [0.1, 0.15) is 54.3 Å². The summed E-state index contributed by atoms with van der Waals surface area (Å²) in [7, 11) is 0. The zero-order valence-corrected chi connectivity index (χ0v) is 15.6. The van der Waals surface area contributed by atoms with E-state index >= 15 is 0 Å². The van der Waals surface area contributed by atoms with Crippen LogP contribution in [0.25, 0.3) is 0 Å². The lowest BCUT2D eigenvalue weighted by molar-refractivity contribution is -0.138. The number of imide groups is 1. The monoisotopic (exact) mass is 357 g/mol. The van der Waals surface area contributed by atoms with E-state index in [0.717, 1.165) is 17.7 Å². The van der Waals surface area contributed by atoms with Gasteiger partial charge in [0.1, 0.15) is 6.04 Å². The van der Waals surface area contributed by atoms with E-state index in [-0.39, 0.29) is 35.6 Å². The zero-order chi connectivity index (χ0) is 19.0. The van der Waals surface area contributed by atoms with E-state index in [0.29, 0.717) is 24.2 Å². The van der Waals surface area contributed by atoms with E-state index in [1.54, 1.807) is 29.2 Å². The van der Waals surface area contributed by atoms with Crippen molar-refractivity contribution in [3.63, 3.8) is 0 Å². The molecule has 0 aromatic heterocycles. The van der Waals surface area contributed by atoms with Gasteiger partial charge in [0.05, 0.1) is 11.1 Å². The molecule has 6 nitrogen and oxygen atoms in total. The Hall–Kier alpha value is -2.21. The molecule has 3 rings (SSSR count). The molecule has 6 heteroatoms. The van der Waals surface area contributed by atoms with Gasteiger partial charge in [-0.3, -0.25) is 19.3 Å². The van der Waals surface area contributed by atoms with Gasteiger partial charge in [-0.05, 0) is 43.7 Å². The van der Waals surface area contributed by atoms with E-state index in [4.69, 9.17) is 5.73 Å². The first-order valence-electron chi connectivity index (χ1n) is 9.34. The van der Waals surface area contributed by atoms with Crippen LogP contribution in [0.3, 0.4) is 0 Å². The molecule has 26 heavy (non-hydrogen) atoms. The third-order valence-electron chi connectivity index (χ3n) is 5.50. The van der Waals surface area contributed by atoms with Gasteiger partial charge >= 0.3 is 0 Å². The molecule has 0 saturated carbocycles. The number of hydrogen-bond acceptors (Lipinski definition) is 4. The first-order chi connectivity index (χ1) is 12.3. The predicted octanol–water partition coefficient (Wildman–Crippen LogP) is 1.89. The summed E-state index contributed by atoms with van der Waals surface area (Å²) in [4.78, 5) is 41.9. The van der Waals surface area contributed by atoms with Gasteiger partial charge in [0.2, 0.25) is 5.91 Å². The number of likely N-dealkylation sites (tertiary alicyclic amines) is 1. The Kier molecular flexibility index (Phi) is 5.14. The van der Waals surface area contributed by atoms with Crippen LogP contribution in [-0.2, 0) is 4.79 Å². The van der Waals surface area contributed by atoms with Gasteiger partial charge in [0, 0.05) is 19.1 Å². The molecule has 2 aliphatic heterocycles. The minimum atomic E-state index is -0.783. The van der Waals surface area contributed by atoms with Gasteiger partial charge in [-0.2, -0.15) is 0 Å². The summed E-state index contributed by atoms with van der Waals surface area (Å²) >= 11 is 0. The zero-order valence-electron chi connectivity index (χ0n) is 15.6. The van der Waals surface area contributed by atoms with Crippen LogP contribution in [0.5, 0.6) is 0 Å². The van der Waals surface area contributed by atoms with Gasteiger partial charge in [-0.25, -0.2) is 0 Å². The summed E-state index contributed by atoms with van der Waals surface area (Å²) in [6.45, 7) is 6.94. The molecule has 2 N–H and O–H groups in total. The molecule has 1 saturated heterocycles. The number of hydrogen-bond donors (Lipinski definition) is 1. The second kappa shape index (κ2) is 7.19. The largest absolute Gasteiger partial charge is 0.341 e. The van der Waals surface area contributed by atoms with E-state index < -0.39 is 6.04 Å². The maximum atomic E-state index is 13.3. The normalized spacial score (nSPS) is 22.6. The van der Waals surface area contributed by atoms with E-state index in [1.165, 1.54) is 0 Å². The number of carbonyl (C=O) groups is 3. The number of benzene rings is 1. The standard InChI is InChI=1S/C20H27N3O3/c1-12(2)17(20(26)22-10-6-7-14(11-22)13(3)21)23-18(24)15-8-4-5-9-16(15)19(23)25/h4-5,8-9,12-14,17H,6-7,10-11,21H2,1-3H3. The predicted molar refractivity (Wildman–Crippen MR) is 98.5 cm³/mol. The van der Waals surface area contributed by atoms with Crippen LogP contribution in [0.2, 0.25) is 0 Å². The van der Waals surface area contributed by atoms with Crippen molar-refractivity contribution < 1.29 is 14.4 Å². The highest BCUT2D eigenvalue weighted by Gasteiger charge is 2.45. The average Bonchev–Trinajstić information content (AvgIpc) is 2.87. The van der Waals surface area contributed by atoms with Gasteiger partial charge in [0.15, 0.2) is 0 Å². The van der Waals surface area contributed by atoms with Gasteiger partial charge in [0.25, 0.3) is 11.8 Å². The van der Waals surface area contributed by atoms with Crippen molar-refractivity contribution >= 4 is 17.7 Å². The molecule has 0 radical (unpaired) electrons. The topological polar surface area (TPSA) is 83.7 Å². The van der Waals surface area contributed by atoms with Crippen LogP contribution >= 0.6 is 0 Å². The Balaban J connectivity index is 1.87. The van der Waals surface area contributed by atoms with Gasteiger partial charge in [-0.15, -0.1) is 0 Å². The quantitative estimate of drug-likeness (QED) is 0.834. The number of amides is 3. The molecule has 1 fully saturated rings. The van der Waals surface area contributed by atoms with Crippen LogP contribution < -0.4 is 5.73 Å². The first kappa shape index (κ1) is 18.6. The SMILES string of the molecule is CC(C)C(C(=O)N1CCCC(C(C)N)C1)N1C(=O)c2ccccc2C1=O. The van der Waals surface area contributed by atoms with E-state index in [2.05, 4.69) is 0 Å². The number of fused-ring (bicyclic) bond motifs is 1. The van der Waals surface area contributed by atoms with Crippen molar-refractivity contribution in [1.82, 2.24) is 9.80 Å². The summed E-state index contributed by atoms with van der Waals surface area (Å²) in [6, 6.07) is 5.99. The second-order valence-electron chi connectivity index (χ2n) is 7.76. The minimum absolute atomic E-state index is 0.0161. The molecular weight excluding hydrogens is 330 g/mol. The fourth-order valence-corrected chi connectivity index (χ4v) is 3.98. The Labute approximate surface area is 154 Å². The number of nitrogens with two attached hydrogens (primary N) is 1. The fraction of sp³-hybridized carbons (Fsp3) is 0.550. The van der Waals surface area contributed by atoms with Crippen molar-refractivity contribution in [2.45, 2.75) is 45.7 Å². The molecule has 3 amide bonds. The highest BCUT2D eigenvalue weighted by atomic mass is 16.2. The number of nitrogens with zero attached hydrogens (tertiary/aromatic N) is 2. The summed E-state index contributed by atoms with van der Waals surface area (Å²) in [6.07, 6.45) is 1.89. The molecule has 3 unspecified atom stereocenters. The molecule has 1 aromatic carbocycles. The molecule has 0 aliphatic carbocycles. The van der Waals surface area contributed by atoms with Crippen LogP contribution in [0, 0.1) is 11.8 Å². The highest BCUT2D eigenvalue weighted by molar-refractivity contribution is 6.22. The summed E-state index contributed by atoms with van der Waals surface area (Å²) in [5.41, 5.74) is 6.79. The Bertz CT molecular complexity index is 694. The third-order valence-corrected chi connectivity index (χ3v) is 5.50. The van der Waals surface area contributed by atoms with Crippen LogP contribution in [-0.4, -0.2) is 52.7 Å². The average molecular weight is 357 g/mol. The van der Waals surface area contributed by atoms with Crippen molar-refractivity contribution in [3.05, 3.63) is 35.4 Å². The molecule has 3 atom stereocenters. The molecule has 140 valence electrons. The molecule has 0 spiro atoms. The lowest BCUT2D eigenvalue weighted by Crippen LogP contribution is -2.56. The lowest BCUT2D eigenvalue weighted by Gasteiger charge is -2.39. The summed E-state index contributed by atoms with van der Waals surface area (Å²) in [5, 5.41) is 0. The number of rotatable bonds is 4. The smallest absolute Gasteiger partial charge is 0.262 e. The van der Waals surface area contributed by atoms with E-state index in [9.17, 15) is 14.4 Å². The maximum Gasteiger partial charge on any atom is 0.262 e. The number of piperidine rings is 1. The summed E-state index contributed by atoms with van der Waals surface area (Å²) < 4.78 is 0. The molecule has 2 heterocycles. The van der Waals surface area contributed by atoms with Crippen LogP contribution in [0.4, 0.5) is 0 Å². The minimum Gasteiger partial charge on any atom is -0.341 e. The van der Waals surface area contributed by atoms with Crippen molar-refractivity contribution in [1.29, 1.82) is 0 Å². The summed E-state index contributed by atoms with van der Waals surface area (Å²) in [5.74, 6) is -0.820. The van der Waals surface area contributed by atoms with Crippen molar-refractivity contribution in [2.75, 3.05) is 13.1 Å². The Morgan fingerprint density at radius 3 is 2.19 bits per heavy atom. The second-order valence-corrected chi connectivity index (χ2v) is 7.76. The highest BCUT2D eigenvalue weighted by Crippen LogP contribution is 2.29. The Morgan fingerprint density at radius 1 is 1.12 bits per heavy atom. The first-order valence-corrected chi connectivity index (χ1v) is 9.34. The molecule has 0 bridgehead atoms. The van der Waals surface area contributed by atoms with E-state index in [1.807, 2.05) is 20.8 Å². The molecular formula is C20H27N3O3. The van der Waals surface area contributed by atoms with Crippen molar-refractivity contribution in [2.24, 2.45) is 17.6 Å². The lowest BCUT2D eigenvalue weighted by atomic mass is 9.91. The Morgan fingerprint density at radius 2 is 1.69 bits per heavy atom. The molecule has 2 aliphatic rings.